The van der Waals surface area contributed by atoms with Crippen LogP contribution in [0.1, 0.15) is 33.6 Å². The van der Waals surface area contributed by atoms with Crippen LogP contribution in [0, 0.1) is 20.9 Å². The van der Waals surface area contributed by atoms with Gasteiger partial charge >= 0.3 is 0 Å². The minimum absolute atomic E-state index is 0.127. The van der Waals surface area contributed by atoms with E-state index >= 15 is 0 Å². The van der Waals surface area contributed by atoms with Gasteiger partial charge in [0.25, 0.3) is 5.70 Å². The molecule has 3 heteroatoms. The second-order valence-corrected chi connectivity index (χ2v) is 5.01. The van der Waals surface area contributed by atoms with Crippen LogP contribution in [0.15, 0.2) is 24.4 Å². The molecule has 1 aliphatic rings. The Morgan fingerprint density at radius 3 is 2.57 bits per heavy atom. The van der Waals surface area contributed by atoms with Crippen molar-refractivity contribution in [2.24, 2.45) is 10.8 Å². The SMILES string of the molecule is C=CC1(C)CC(C)(C)CC=C1[N+](=O)[O-]. The number of nitrogens with zero attached hydrogens (tertiary/aromatic N) is 1. The molecule has 0 aliphatic heterocycles. The minimum Gasteiger partial charge on any atom is -0.259 e. The molecule has 0 radical (unpaired) electrons. The lowest BCUT2D eigenvalue weighted by molar-refractivity contribution is -0.440. The Bertz CT molecular complexity index is 304. The highest BCUT2D eigenvalue weighted by atomic mass is 16.6. The molecule has 0 aromatic carbocycles. The van der Waals surface area contributed by atoms with E-state index in [2.05, 4.69) is 20.4 Å². The second-order valence-electron chi connectivity index (χ2n) is 5.01. The van der Waals surface area contributed by atoms with E-state index in [0.29, 0.717) is 5.70 Å². The summed E-state index contributed by atoms with van der Waals surface area (Å²) in [5, 5.41) is 10.8. The molecule has 1 unspecified atom stereocenters. The van der Waals surface area contributed by atoms with Crippen LogP contribution in [0.2, 0.25) is 0 Å². The lowest BCUT2D eigenvalue weighted by Crippen LogP contribution is -2.32. The fraction of sp³-hybridized carbons (Fsp3) is 0.636. The Hall–Kier alpha value is -1.12. The first kappa shape index (κ1) is 11.0. The Morgan fingerprint density at radius 1 is 1.57 bits per heavy atom. The van der Waals surface area contributed by atoms with Crippen molar-refractivity contribution < 1.29 is 4.92 Å². The van der Waals surface area contributed by atoms with Gasteiger partial charge in [-0.3, -0.25) is 10.1 Å². The van der Waals surface area contributed by atoms with Crippen molar-refractivity contribution in [3.8, 4) is 0 Å². The van der Waals surface area contributed by atoms with Crippen LogP contribution < -0.4 is 0 Å². The maximum absolute atomic E-state index is 10.8. The Labute approximate surface area is 84.7 Å². The minimum atomic E-state index is -0.481. The highest BCUT2D eigenvalue weighted by Crippen LogP contribution is 2.46. The standard InChI is InChI=1S/C11H17NO2/c1-5-11(4)8-10(2,3)7-6-9(11)12(13)14/h5-6H,1,7-8H2,2-4H3. The van der Waals surface area contributed by atoms with Crippen LogP contribution in [0.25, 0.3) is 0 Å². The quantitative estimate of drug-likeness (QED) is 0.386. The van der Waals surface area contributed by atoms with Crippen LogP contribution in [-0.4, -0.2) is 4.92 Å². The highest BCUT2D eigenvalue weighted by Gasteiger charge is 2.43. The molecule has 0 fully saturated rings. The molecule has 78 valence electrons. The van der Waals surface area contributed by atoms with Crippen LogP contribution in [0.4, 0.5) is 0 Å². The normalized spacial score (nSPS) is 30.6. The Balaban J connectivity index is 3.12. The summed E-state index contributed by atoms with van der Waals surface area (Å²) in [4.78, 5) is 10.5. The number of nitro groups is 1. The van der Waals surface area contributed by atoms with Gasteiger partial charge in [-0.1, -0.05) is 19.9 Å². The summed E-state index contributed by atoms with van der Waals surface area (Å²) in [5.41, 5.74) is -0.0555. The average Bonchev–Trinajstić information content (AvgIpc) is 2.01. The second kappa shape index (κ2) is 3.23. The van der Waals surface area contributed by atoms with Gasteiger partial charge in [0.15, 0.2) is 0 Å². The van der Waals surface area contributed by atoms with E-state index in [9.17, 15) is 10.1 Å². The van der Waals surface area contributed by atoms with E-state index < -0.39 is 5.41 Å². The summed E-state index contributed by atoms with van der Waals surface area (Å²) in [6.45, 7) is 9.85. The van der Waals surface area contributed by atoms with Crippen molar-refractivity contribution in [2.45, 2.75) is 33.6 Å². The smallest absolute Gasteiger partial charge is 0.251 e. The summed E-state index contributed by atoms with van der Waals surface area (Å²) in [5.74, 6) is 0. The molecule has 0 bridgehead atoms. The number of hydrogen-bond donors (Lipinski definition) is 0. The molecule has 14 heavy (non-hydrogen) atoms. The summed E-state index contributed by atoms with van der Waals surface area (Å²) in [7, 11) is 0. The molecule has 0 aromatic heterocycles. The third-order valence-electron chi connectivity index (χ3n) is 2.93. The largest absolute Gasteiger partial charge is 0.259 e. The molecule has 1 atom stereocenters. The Kier molecular flexibility index (Phi) is 2.52. The molecule has 0 saturated carbocycles. The molecule has 0 heterocycles. The molecule has 0 saturated heterocycles. The third-order valence-corrected chi connectivity index (χ3v) is 2.93. The molecule has 0 N–H and O–H groups in total. The lowest BCUT2D eigenvalue weighted by Gasteiger charge is -2.36. The molecule has 0 aromatic rings. The van der Waals surface area contributed by atoms with E-state index in [1.807, 2.05) is 6.92 Å². The zero-order valence-electron chi connectivity index (χ0n) is 9.04. The average molecular weight is 195 g/mol. The van der Waals surface area contributed by atoms with Gasteiger partial charge < -0.3 is 0 Å². The maximum atomic E-state index is 10.8. The first-order valence-electron chi connectivity index (χ1n) is 4.79. The van der Waals surface area contributed by atoms with Crippen LogP contribution in [-0.2, 0) is 0 Å². The predicted octanol–water partition coefficient (Wildman–Crippen LogP) is 3.16. The van der Waals surface area contributed by atoms with Crippen molar-refractivity contribution in [1.29, 1.82) is 0 Å². The van der Waals surface area contributed by atoms with Crippen molar-refractivity contribution in [3.05, 3.63) is 34.5 Å². The van der Waals surface area contributed by atoms with Gasteiger partial charge in [0, 0.05) is 0 Å². The van der Waals surface area contributed by atoms with Crippen molar-refractivity contribution in [1.82, 2.24) is 0 Å². The van der Waals surface area contributed by atoms with Crippen molar-refractivity contribution >= 4 is 0 Å². The molecule has 1 rings (SSSR count). The molecular formula is C11H17NO2. The number of rotatable bonds is 2. The molecular weight excluding hydrogens is 178 g/mol. The topological polar surface area (TPSA) is 43.1 Å². The fourth-order valence-electron chi connectivity index (χ4n) is 2.22. The van der Waals surface area contributed by atoms with Gasteiger partial charge in [-0.15, -0.1) is 6.58 Å². The van der Waals surface area contributed by atoms with Gasteiger partial charge in [0.1, 0.15) is 0 Å². The fourth-order valence-corrected chi connectivity index (χ4v) is 2.22. The highest BCUT2D eigenvalue weighted by molar-refractivity contribution is 5.18. The molecule has 1 aliphatic carbocycles. The van der Waals surface area contributed by atoms with Gasteiger partial charge in [-0.2, -0.15) is 0 Å². The van der Waals surface area contributed by atoms with Gasteiger partial charge in [0.05, 0.1) is 10.3 Å². The molecule has 0 spiro atoms. The van der Waals surface area contributed by atoms with Crippen molar-refractivity contribution in [2.75, 3.05) is 0 Å². The van der Waals surface area contributed by atoms with Crippen molar-refractivity contribution in [3.63, 3.8) is 0 Å². The maximum Gasteiger partial charge on any atom is 0.251 e. The third kappa shape index (κ3) is 1.86. The van der Waals surface area contributed by atoms with E-state index in [0.717, 1.165) is 12.8 Å². The zero-order valence-corrected chi connectivity index (χ0v) is 9.04. The van der Waals surface area contributed by atoms with Crippen LogP contribution >= 0.6 is 0 Å². The number of allylic oxidation sites excluding steroid dienone is 2. The van der Waals surface area contributed by atoms with E-state index in [-0.39, 0.29) is 10.3 Å². The first-order valence-corrected chi connectivity index (χ1v) is 4.79. The van der Waals surface area contributed by atoms with Crippen LogP contribution in [0.5, 0.6) is 0 Å². The lowest BCUT2D eigenvalue weighted by atomic mass is 9.66. The van der Waals surface area contributed by atoms with E-state index in [1.54, 1.807) is 12.2 Å². The predicted molar refractivity (Wildman–Crippen MR) is 56.4 cm³/mol. The van der Waals surface area contributed by atoms with Gasteiger partial charge in [0.2, 0.25) is 0 Å². The molecule has 3 nitrogen and oxygen atoms in total. The summed E-state index contributed by atoms with van der Waals surface area (Å²) >= 11 is 0. The summed E-state index contributed by atoms with van der Waals surface area (Å²) in [6, 6.07) is 0. The van der Waals surface area contributed by atoms with Gasteiger partial charge in [-0.25, -0.2) is 0 Å². The number of hydrogen-bond acceptors (Lipinski definition) is 2. The first-order chi connectivity index (χ1) is 6.31. The molecule has 0 amide bonds. The van der Waals surface area contributed by atoms with Crippen LogP contribution in [0.3, 0.4) is 0 Å². The van der Waals surface area contributed by atoms with Gasteiger partial charge in [-0.05, 0) is 31.3 Å². The Morgan fingerprint density at radius 2 is 2.14 bits per heavy atom. The monoisotopic (exact) mass is 195 g/mol. The zero-order chi connectivity index (χ0) is 11.0. The van der Waals surface area contributed by atoms with E-state index in [1.165, 1.54) is 0 Å². The summed E-state index contributed by atoms with van der Waals surface area (Å²) < 4.78 is 0. The van der Waals surface area contributed by atoms with E-state index in [4.69, 9.17) is 0 Å². The summed E-state index contributed by atoms with van der Waals surface area (Å²) in [6.07, 6.45) is 5.00.